The van der Waals surface area contributed by atoms with Crippen LogP contribution in [0.15, 0.2) is 0 Å². The smallest absolute Gasteiger partial charge is 0.413 e. The van der Waals surface area contributed by atoms with Gasteiger partial charge in [0.2, 0.25) is 5.91 Å². The first kappa shape index (κ1) is 14.4. The van der Waals surface area contributed by atoms with E-state index in [2.05, 4.69) is 10.1 Å². The Morgan fingerprint density at radius 3 is 2.67 bits per heavy atom. The predicted molar refractivity (Wildman–Crippen MR) is 61.9 cm³/mol. The van der Waals surface area contributed by atoms with Gasteiger partial charge in [0.1, 0.15) is 0 Å². The van der Waals surface area contributed by atoms with Crippen molar-refractivity contribution in [3.8, 4) is 0 Å². The Morgan fingerprint density at radius 1 is 1.33 bits per heavy atom. The standard InChI is InChI=1S/C11H18N2O5/c1-18-11(17)13-9(14)6-12-5-7-3-2-4-8(7)10(15)16/h7-8,12H,2-6H2,1H3,(H,15,16)(H,13,14,17). The highest BCUT2D eigenvalue weighted by molar-refractivity contribution is 5.92. The molecule has 1 aliphatic carbocycles. The summed E-state index contributed by atoms with van der Waals surface area (Å²) in [5.74, 6) is -1.56. The third-order valence-corrected chi connectivity index (χ3v) is 3.10. The summed E-state index contributed by atoms with van der Waals surface area (Å²) in [5, 5.41) is 13.8. The molecule has 0 spiro atoms. The lowest BCUT2D eigenvalue weighted by Crippen LogP contribution is -2.39. The number of amides is 2. The second-order valence-electron chi connectivity index (χ2n) is 4.31. The zero-order chi connectivity index (χ0) is 13.5. The molecule has 1 aliphatic rings. The lowest BCUT2D eigenvalue weighted by atomic mass is 9.96. The molecule has 18 heavy (non-hydrogen) atoms. The van der Waals surface area contributed by atoms with Crippen LogP contribution < -0.4 is 10.6 Å². The van der Waals surface area contributed by atoms with E-state index in [0.29, 0.717) is 13.0 Å². The van der Waals surface area contributed by atoms with Gasteiger partial charge in [-0.15, -0.1) is 0 Å². The van der Waals surface area contributed by atoms with Crippen LogP contribution in [-0.4, -0.2) is 43.3 Å². The number of carboxylic acids is 1. The molecule has 1 saturated carbocycles. The molecule has 1 fully saturated rings. The normalized spacial score (nSPS) is 22.5. The van der Waals surface area contributed by atoms with E-state index in [4.69, 9.17) is 5.11 Å². The van der Waals surface area contributed by atoms with Gasteiger partial charge in [-0.2, -0.15) is 0 Å². The molecule has 0 aromatic rings. The number of hydrogen-bond acceptors (Lipinski definition) is 5. The van der Waals surface area contributed by atoms with E-state index in [0.717, 1.165) is 12.8 Å². The number of alkyl carbamates (subject to hydrolysis) is 1. The van der Waals surface area contributed by atoms with Gasteiger partial charge < -0.3 is 15.2 Å². The van der Waals surface area contributed by atoms with Crippen LogP contribution in [0.5, 0.6) is 0 Å². The minimum Gasteiger partial charge on any atom is -0.481 e. The second-order valence-corrected chi connectivity index (χ2v) is 4.31. The molecule has 102 valence electrons. The zero-order valence-electron chi connectivity index (χ0n) is 10.3. The fourth-order valence-corrected chi connectivity index (χ4v) is 2.19. The van der Waals surface area contributed by atoms with Crippen molar-refractivity contribution in [2.75, 3.05) is 20.2 Å². The first-order valence-electron chi connectivity index (χ1n) is 5.86. The number of hydrogen-bond donors (Lipinski definition) is 3. The third-order valence-electron chi connectivity index (χ3n) is 3.10. The molecule has 1 rings (SSSR count). The highest BCUT2D eigenvalue weighted by atomic mass is 16.5. The van der Waals surface area contributed by atoms with Crippen LogP contribution in [0.3, 0.4) is 0 Å². The van der Waals surface area contributed by atoms with Crippen LogP contribution >= 0.6 is 0 Å². The molecule has 3 N–H and O–H groups in total. The third kappa shape index (κ3) is 4.33. The molecule has 0 heterocycles. The highest BCUT2D eigenvalue weighted by Gasteiger charge is 2.32. The molecule has 0 bridgehead atoms. The van der Waals surface area contributed by atoms with Gasteiger partial charge in [0.05, 0.1) is 19.6 Å². The number of imide groups is 1. The van der Waals surface area contributed by atoms with Crippen molar-refractivity contribution in [3.05, 3.63) is 0 Å². The van der Waals surface area contributed by atoms with Gasteiger partial charge in [0.15, 0.2) is 0 Å². The Labute approximate surface area is 105 Å². The maximum Gasteiger partial charge on any atom is 0.413 e. The van der Waals surface area contributed by atoms with E-state index in [9.17, 15) is 14.4 Å². The fraction of sp³-hybridized carbons (Fsp3) is 0.727. The summed E-state index contributed by atoms with van der Waals surface area (Å²) in [7, 11) is 1.17. The number of nitrogens with one attached hydrogen (secondary N) is 2. The molecule has 0 radical (unpaired) electrons. The molecule has 0 aromatic heterocycles. The lowest BCUT2D eigenvalue weighted by Gasteiger charge is -2.15. The van der Waals surface area contributed by atoms with Crippen molar-refractivity contribution in [3.63, 3.8) is 0 Å². The van der Waals surface area contributed by atoms with Crippen molar-refractivity contribution in [1.29, 1.82) is 0 Å². The zero-order valence-corrected chi connectivity index (χ0v) is 10.3. The highest BCUT2D eigenvalue weighted by Crippen LogP contribution is 2.31. The first-order chi connectivity index (χ1) is 8.54. The van der Waals surface area contributed by atoms with Crippen molar-refractivity contribution in [2.45, 2.75) is 19.3 Å². The van der Waals surface area contributed by atoms with Crippen LogP contribution in [0.4, 0.5) is 4.79 Å². The van der Waals surface area contributed by atoms with E-state index in [1.54, 1.807) is 0 Å². The Kier molecular flexibility index (Phi) is 5.57. The Bertz CT molecular complexity index is 331. The fourth-order valence-electron chi connectivity index (χ4n) is 2.19. The minimum atomic E-state index is -0.800. The molecular weight excluding hydrogens is 240 g/mol. The molecule has 0 saturated heterocycles. The molecule has 2 amide bonds. The van der Waals surface area contributed by atoms with Gasteiger partial charge in [0, 0.05) is 0 Å². The quantitative estimate of drug-likeness (QED) is 0.639. The maximum absolute atomic E-state index is 11.2. The summed E-state index contributed by atoms with van der Waals surface area (Å²) in [5.41, 5.74) is 0. The van der Waals surface area contributed by atoms with E-state index < -0.39 is 18.0 Å². The van der Waals surface area contributed by atoms with E-state index >= 15 is 0 Å². The summed E-state index contributed by atoms with van der Waals surface area (Å²) in [4.78, 5) is 32.9. The summed E-state index contributed by atoms with van der Waals surface area (Å²) >= 11 is 0. The summed E-state index contributed by atoms with van der Waals surface area (Å²) < 4.78 is 4.27. The van der Waals surface area contributed by atoms with Crippen molar-refractivity contribution in [1.82, 2.24) is 10.6 Å². The predicted octanol–water partition coefficient (Wildman–Crippen LogP) is -0.0405. The largest absolute Gasteiger partial charge is 0.481 e. The molecule has 0 aromatic carbocycles. The number of carboxylic acid groups (broad SMARTS) is 1. The molecule has 2 atom stereocenters. The number of carbonyl (C=O) groups excluding carboxylic acids is 2. The molecule has 2 unspecified atom stereocenters. The Morgan fingerprint density at radius 2 is 2.06 bits per heavy atom. The summed E-state index contributed by atoms with van der Waals surface area (Å²) in [6.45, 7) is 0.434. The van der Waals surface area contributed by atoms with Gasteiger partial charge in [-0.25, -0.2) is 4.79 Å². The topological polar surface area (TPSA) is 105 Å². The number of rotatable bonds is 5. The SMILES string of the molecule is COC(=O)NC(=O)CNCC1CCCC1C(=O)O. The summed E-state index contributed by atoms with van der Waals surface area (Å²) in [6, 6.07) is 0. The Hall–Kier alpha value is -1.63. The van der Waals surface area contributed by atoms with Crippen LogP contribution in [0.2, 0.25) is 0 Å². The number of aliphatic carboxylic acids is 1. The van der Waals surface area contributed by atoms with E-state index in [1.165, 1.54) is 7.11 Å². The first-order valence-corrected chi connectivity index (χ1v) is 5.86. The minimum absolute atomic E-state index is 0.0298. The number of ether oxygens (including phenoxy) is 1. The van der Waals surface area contributed by atoms with E-state index in [1.807, 2.05) is 5.32 Å². The van der Waals surface area contributed by atoms with Crippen LogP contribution in [-0.2, 0) is 14.3 Å². The number of methoxy groups -OCH3 is 1. The van der Waals surface area contributed by atoms with Gasteiger partial charge in [0.25, 0.3) is 0 Å². The van der Waals surface area contributed by atoms with Crippen LogP contribution in [0, 0.1) is 11.8 Å². The van der Waals surface area contributed by atoms with Gasteiger partial charge in [-0.05, 0) is 25.3 Å². The van der Waals surface area contributed by atoms with Crippen LogP contribution in [0.1, 0.15) is 19.3 Å². The van der Waals surface area contributed by atoms with Crippen LogP contribution in [0.25, 0.3) is 0 Å². The monoisotopic (exact) mass is 258 g/mol. The second kappa shape index (κ2) is 6.95. The molecule has 7 heteroatoms. The number of carbonyl (C=O) groups is 3. The molecular formula is C11H18N2O5. The lowest BCUT2D eigenvalue weighted by molar-refractivity contribution is -0.142. The summed E-state index contributed by atoms with van der Waals surface area (Å²) in [6.07, 6.45) is 1.64. The average Bonchev–Trinajstić information content (AvgIpc) is 2.77. The molecule has 0 aliphatic heterocycles. The maximum atomic E-state index is 11.2. The molecule has 7 nitrogen and oxygen atoms in total. The Balaban J connectivity index is 2.23. The van der Waals surface area contributed by atoms with Crippen molar-refractivity contribution < 1.29 is 24.2 Å². The van der Waals surface area contributed by atoms with Gasteiger partial charge in [-0.1, -0.05) is 6.42 Å². The van der Waals surface area contributed by atoms with Gasteiger partial charge >= 0.3 is 12.1 Å². The van der Waals surface area contributed by atoms with Crippen molar-refractivity contribution in [2.24, 2.45) is 11.8 Å². The average molecular weight is 258 g/mol. The van der Waals surface area contributed by atoms with Crippen molar-refractivity contribution >= 4 is 18.0 Å². The van der Waals surface area contributed by atoms with Gasteiger partial charge in [-0.3, -0.25) is 14.9 Å². The van der Waals surface area contributed by atoms with E-state index in [-0.39, 0.29) is 18.4 Å².